The molecule has 0 unspecified atom stereocenters. The molecule has 1 aliphatic rings. The van der Waals surface area contributed by atoms with E-state index >= 15 is 4.39 Å². The molecule has 45 heavy (non-hydrogen) atoms. The van der Waals surface area contributed by atoms with Crippen LogP contribution in [0, 0.1) is 40.8 Å². The minimum absolute atomic E-state index is 0.0951. The molecule has 4 nitrogen and oxygen atoms in total. The summed E-state index contributed by atoms with van der Waals surface area (Å²) in [4.78, 5) is 4.35. The average molecular weight is 638 g/mol. The normalized spacial score (nSPS) is 17.0. The van der Waals surface area contributed by atoms with Crippen LogP contribution in [0.5, 0.6) is 5.75 Å². The number of unbranched alkanes of at least 4 members (excludes halogenated alkanes) is 2. The molecule has 1 saturated heterocycles. The van der Waals surface area contributed by atoms with Gasteiger partial charge in [0.15, 0.2) is 23.7 Å². The predicted molar refractivity (Wildman–Crippen MR) is 148 cm³/mol. The molecule has 0 saturated carbocycles. The van der Waals surface area contributed by atoms with Crippen molar-refractivity contribution < 1.29 is 49.3 Å². The monoisotopic (exact) mass is 637 g/mol. The van der Waals surface area contributed by atoms with Crippen molar-refractivity contribution in [3.8, 4) is 28.1 Å². The number of rotatable bonds is 10. The summed E-state index contributed by atoms with van der Waals surface area (Å²) < 4.78 is 130. The number of ether oxygens (including phenoxy) is 3. The van der Waals surface area contributed by atoms with Gasteiger partial charge in [-0.3, -0.25) is 4.98 Å². The summed E-state index contributed by atoms with van der Waals surface area (Å²) >= 11 is 0. The molecule has 0 atom stereocenters. The topological polar surface area (TPSA) is 40.6 Å². The summed E-state index contributed by atoms with van der Waals surface area (Å²) in [5.41, 5.74) is -1.20. The zero-order chi connectivity index (χ0) is 32.3. The van der Waals surface area contributed by atoms with Gasteiger partial charge in [0.1, 0.15) is 28.8 Å². The highest BCUT2D eigenvalue weighted by Crippen LogP contribution is 2.38. The zero-order valence-corrected chi connectivity index (χ0v) is 23.9. The van der Waals surface area contributed by atoms with Crippen molar-refractivity contribution in [3.63, 3.8) is 0 Å². The number of nitrogens with zero attached hydrogens (tertiary/aromatic N) is 1. The van der Waals surface area contributed by atoms with E-state index < -0.39 is 64.2 Å². The Hall–Kier alpha value is -4.03. The van der Waals surface area contributed by atoms with E-state index in [0.717, 1.165) is 31.7 Å². The third-order valence-corrected chi connectivity index (χ3v) is 7.35. The van der Waals surface area contributed by atoms with Crippen LogP contribution in [0.2, 0.25) is 0 Å². The number of halogens is 8. The van der Waals surface area contributed by atoms with Gasteiger partial charge < -0.3 is 14.2 Å². The fraction of sp³-hybridized carbons (Fsp3) is 0.303. The Labute approximate surface area is 253 Å². The number of aromatic nitrogens is 1. The van der Waals surface area contributed by atoms with Crippen molar-refractivity contribution in [2.75, 3.05) is 13.2 Å². The molecule has 2 heterocycles. The van der Waals surface area contributed by atoms with Crippen LogP contribution in [0.1, 0.15) is 50.0 Å². The van der Waals surface area contributed by atoms with E-state index in [2.05, 4.69) is 16.6 Å². The average Bonchev–Trinajstić information content (AvgIpc) is 2.99. The van der Waals surface area contributed by atoms with Gasteiger partial charge in [-0.15, -0.1) is 0 Å². The fourth-order valence-electron chi connectivity index (χ4n) is 5.01. The molecule has 5 rings (SSSR count). The maximum atomic E-state index is 15.1. The highest BCUT2D eigenvalue weighted by molar-refractivity contribution is 5.70. The number of benzene rings is 3. The molecule has 0 bridgehead atoms. The third-order valence-electron chi connectivity index (χ3n) is 7.35. The van der Waals surface area contributed by atoms with E-state index in [1.165, 1.54) is 12.1 Å². The summed E-state index contributed by atoms with van der Waals surface area (Å²) in [5.74, 6) is -11.1. The lowest BCUT2D eigenvalue weighted by Crippen LogP contribution is -2.27. The van der Waals surface area contributed by atoms with Crippen LogP contribution >= 0.6 is 0 Å². The van der Waals surface area contributed by atoms with Crippen LogP contribution in [-0.4, -0.2) is 18.2 Å². The second-order valence-corrected chi connectivity index (χ2v) is 10.7. The van der Waals surface area contributed by atoms with E-state index in [9.17, 15) is 30.7 Å². The largest absolute Gasteiger partial charge is 0.432 e. The van der Waals surface area contributed by atoms with Gasteiger partial charge in [0.2, 0.25) is 0 Å². The summed E-state index contributed by atoms with van der Waals surface area (Å²) in [6.07, 6.45) is 0.658. The van der Waals surface area contributed by atoms with Crippen LogP contribution < -0.4 is 4.74 Å². The van der Waals surface area contributed by atoms with Crippen LogP contribution in [0.15, 0.2) is 60.8 Å². The Bertz CT molecular complexity index is 1610. The van der Waals surface area contributed by atoms with E-state index in [0.29, 0.717) is 48.1 Å². The third kappa shape index (κ3) is 7.28. The molecule has 0 amide bonds. The predicted octanol–water partition coefficient (Wildman–Crippen LogP) is 9.62. The number of hydrogen-bond donors (Lipinski definition) is 0. The number of pyridine rings is 1. The minimum Gasteiger partial charge on any atom is -0.429 e. The lowest BCUT2D eigenvalue weighted by Gasteiger charge is -2.29. The fourth-order valence-corrected chi connectivity index (χ4v) is 5.01. The van der Waals surface area contributed by atoms with Crippen molar-refractivity contribution >= 4 is 0 Å². The standard InChI is InChI=1S/C33H27F8NO3/c1-2-3-4-5-18-16-43-32(44-17-18)20-7-9-29(42-15-20)19-6-8-23(24(34)10-19)21-11-25(35)30(26(36)12-21)33(40,41)45-22-13-27(37)31(39)28(38)14-22/h6-15,18,32H,2-5,16-17H2,1H3. The smallest absolute Gasteiger partial charge is 0.429 e. The molecule has 4 aromatic rings. The van der Waals surface area contributed by atoms with Crippen molar-refractivity contribution in [1.82, 2.24) is 4.98 Å². The summed E-state index contributed by atoms with van der Waals surface area (Å²) in [7, 11) is 0. The highest BCUT2D eigenvalue weighted by Gasteiger charge is 2.41. The Morgan fingerprint density at radius 2 is 1.42 bits per heavy atom. The Balaban J connectivity index is 1.30. The molecular weight excluding hydrogens is 610 g/mol. The lowest BCUT2D eigenvalue weighted by molar-refractivity contribution is -0.206. The number of hydrogen-bond acceptors (Lipinski definition) is 4. The molecule has 238 valence electrons. The van der Waals surface area contributed by atoms with Gasteiger partial charge in [0.05, 0.1) is 18.9 Å². The van der Waals surface area contributed by atoms with E-state index in [-0.39, 0.29) is 17.7 Å². The Morgan fingerprint density at radius 3 is 2.00 bits per heavy atom. The number of alkyl halides is 2. The van der Waals surface area contributed by atoms with Gasteiger partial charge in [0, 0.05) is 40.9 Å². The zero-order valence-electron chi connectivity index (χ0n) is 23.9. The van der Waals surface area contributed by atoms with Crippen molar-refractivity contribution in [2.24, 2.45) is 5.92 Å². The lowest BCUT2D eigenvalue weighted by atomic mass is 9.99. The molecular formula is C33H27F8NO3. The Kier molecular flexibility index (Phi) is 9.73. The van der Waals surface area contributed by atoms with Gasteiger partial charge in [-0.05, 0) is 36.2 Å². The maximum Gasteiger partial charge on any atom is 0.432 e. The van der Waals surface area contributed by atoms with Crippen molar-refractivity contribution in [2.45, 2.75) is 45.0 Å². The molecule has 0 spiro atoms. The summed E-state index contributed by atoms with van der Waals surface area (Å²) in [5, 5.41) is 0. The summed E-state index contributed by atoms with van der Waals surface area (Å²) in [6.45, 7) is 3.29. The molecule has 3 aromatic carbocycles. The van der Waals surface area contributed by atoms with Crippen LogP contribution in [0.3, 0.4) is 0 Å². The van der Waals surface area contributed by atoms with Crippen molar-refractivity contribution in [3.05, 3.63) is 107 Å². The second kappa shape index (κ2) is 13.5. The first kappa shape index (κ1) is 32.4. The van der Waals surface area contributed by atoms with E-state index in [4.69, 9.17) is 9.47 Å². The van der Waals surface area contributed by atoms with E-state index in [1.54, 1.807) is 18.3 Å². The van der Waals surface area contributed by atoms with Gasteiger partial charge in [-0.1, -0.05) is 44.4 Å². The summed E-state index contributed by atoms with van der Waals surface area (Å²) in [6, 6.07) is 8.21. The first-order valence-electron chi connectivity index (χ1n) is 14.2. The SMILES string of the molecule is CCCCCC1COC(c2ccc(-c3ccc(-c4cc(F)c(C(F)(F)Oc5cc(F)c(F)c(F)c5)c(F)c4)c(F)c3)nc2)OC1. The quantitative estimate of drug-likeness (QED) is 0.0987. The molecule has 0 aliphatic carbocycles. The van der Waals surface area contributed by atoms with Gasteiger partial charge in [0.25, 0.3) is 0 Å². The first-order valence-corrected chi connectivity index (χ1v) is 14.2. The molecule has 12 heteroatoms. The second-order valence-electron chi connectivity index (χ2n) is 10.7. The molecule has 1 aromatic heterocycles. The molecule has 1 aliphatic heterocycles. The molecule has 0 radical (unpaired) electrons. The van der Waals surface area contributed by atoms with Crippen LogP contribution in [0.4, 0.5) is 35.1 Å². The van der Waals surface area contributed by atoms with Gasteiger partial charge >= 0.3 is 6.11 Å². The van der Waals surface area contributed by atoms with Gasteiger partial charge in [-0.2, -0.15) is 8.78 Å². The van der Waals surface area contributed by atoms with Crippen LogP contribution in [0.25, 0.3) is 22.4 Å². The van der Waals surface area contributed by atoms with E-state index in [1.807, 2.05) is 0 Å². The Morgan fingerprint density at radius 1 is 0.778 bits per heavy atom. The first-order chi connectivity index (χ1) is 21.5. The maximum absolute atomic E-state index is 15.1. The molecule has 1 fully saturated rings. The van der Waals surface area contributed by atoms with Gasteiger partial charge in [-0.25, -0.2) is 26.3 Å². The van der Waals surface area contributed by atoms with Crippen molar-refractivity contribution in [1.29, 1.82) is 0 Å². The highest BCUT2D eigenvalue weighted by atomic mass is 19.3. The minimum atomic E-state index is -4.77. The van der Waals surface area contributed by atoms with Crippen LogP contribution in [-0.2, 0) is 15.6 Å². The molecule has 0 N–H and O–H groups in total.